The van der Waals surface area contributed by atoms with Crippen molar-refractivity contribution in [3.8, 4) is 0 Å². The van der Waals surface area contributed by atoms with E-state index >= 15 is 0 Å². The number of nitrogens with two attached hydrogens (primary N) is 1. The molecule has 3 N–H and O–H groups in total. The summed E-state index contributed by atoms with van der Waals surface area (Å²) < 4.78 is 0. The molecule has 0 radical (unpaired) electrons. The van der Waals surface area contributed by atoms with Crippen LogP contribution in [0.15, 0.2) is 0 Å². The number of amides is 1. The second kappa shape index (κ2) is 6.56. The zero-order chi connectivity index (χ0) is 12.0. The van der Waals surface area contributed by atoms with Crippen LogP contribution in [-0.2, 0) is 9.59 Å². The minimum absolute atomic E-state index is 0.0193. The maximum absolute atomic E-state index is 11.8. The first-order valence-electron chi connectivity index (χ1n) is 5.42. The zero-order valence-corrected chi connectivity index (χ0v) is 10.0. The zero-order valence-electron chi connectivity index (χ0n) is 10.0. The van der Waals surface area contributed by atoms with Crippen LogP contribution in [0.4, 0.5) is 0 Å². The first kappa shape index (κ1) is 14.1. The summed E-state index contributed by atoms with van der Waals surface area (Å²) in [5.41, 5.74) is 5.07. The van der Waals surface area contributed by atoms with E-state index in [9.17, 15) is 9.59 Å². The normalized spacial score (nSPS) is 13.2. The van der Waals surface area contributed by atoms with Gasteiger partial charge in [0.05, 0.1) is 6.04 Å². The molecule has 0 saturated carbocycles. The number of carbonyl (C=O) groups is 2. The van der Waals surface area contributed by atoms with Gasteiger partial charge in [-0.05, 0) is 6.42 Å². The lowest BCUT2D eigenvalue weighted by atomic mass is 9.97. The average molecular weight is 214 g/mol. The summed E-state index contributed by atoms with van der Waals surface area (Å²) in [6, 6.07) is -0.0249. The minimum Gasteiger partial charge on any atom is -0.370 e. The van der Waals surface area contributed by atoms with E-state index < -0.39 is 0 Å². The Kier molecular flexibility index (Phi) is 6.17. The highest BCUT2D eigenvalue weighted by molar-refractivity contribution is 5.86. The number of ketones is 1. The topological polar surface area (TPSA) is 72.2 Å². The SMILES string of the molecule is CC(C)NC(CCC(N)=O)C(=O)C(C)C. The minimum atomic E-state index is -0.359. The fourth-order valence-corrected chi connectivity index (χ4v) is 1.40. The molecule has 4 nitrogen and oxygen atoms in total. The number of hydrogen-bond donors (Lipinski definition) is 2. The van der Waals surface area contributed by atoms with Crippen LogP contribution >= 0.6 is 0 Å². The van der Waals surface area contributed by atoms with Gasteiger partial charge in [0.2, 0.25) is 5.91 Å². The Hall–Kier alpha value is -0.900. The van der Waals surface area contributed by atoms with Crippen molar-refractivity contribution in [2.24, 2.45) is 11.7 Å². The van der Waals surface area contributed by atoms with E-state index in [1.165, 1.54) is 0 Å². The van der Waals surface area contributed by atoms with Crippen molar-refractivity contribution in [3.05, 3.63) is 0 Å². The molecule has 0 heterocycles. The largest absolute Gasteiger partial charge is 0.370 e. The summed E-state index contributed by atoms with van der Waals surface area (Å²) in [5.74, 6) is -0.235. The van der Waals surface area contributed by atoms with Crippen LogP contribution in [0.25, 0.3) is 0 Å². The van der Waals surface area contributed by atoms with E-state index in [1.54, 1.807) is 0 Å². The number of primary amides is 1. The van der Waals surface area contributed by atoms with Crippen LogP contribution in [0.2, 0.25) is 0 Å². The van der Waals surface area contributed by atoms with Crippen LogP contribution in [0.5, 0.6) is 0 Å². The molecule has 0 spiro atoms. The molecule has 88 valence electrons. The van der Waals surface area contributed by atoms with Gasteiger partial charge >= 0.3 is 0 Å². The summed E-state index contributed by atoms with van der Waals surface area (Å²) >= 11 is 0. The molecule has 0 aromatic heterocycles. The Morgan fingerprint density at radius 1 is 1.20 bits per heavy atom. The van der Waals surface area contributed by atoms with E-state index in [0.717, 1.165) is 0 Å². The van der Waals surface area contributed by atoms with Crippen LogP contribution < -0.4 is 11.1 Å². The summed E-state index contributed by atoms with van der Waals surface area (Å²) in [6.45, 7) is 7.68. The Labute approximate surface area is 91.6 Å². The fraction of sp³-hybridized carbons (Fsp3) is 0.818. The van der Waals surface area contributed by atoms with E-state index in [1.807, 2.05) is 27.7 Å². The second-order valence-corrected chi connectivity index (χ2v) is 4.44. The second-order valence-electron chi connectivity index (χ2n) is 4.44. The molecule has 0 aliphatic carbocycles. The molecule has 0 aliphatic heterocycles. The first-order valence-corrected chi connectivity index (χ1v) is 5.42. The molecule has 0 fully saturated rings. The van der Waals surface area contributed by atoms with Crippen LogP contribution in [0.1, 0.15) is 40.5 Å². The predicted octanol–water partition coefficient (Wildman–Crippen LogP) is 0.844. The van der Waals surface area contributed by atoms with E-state index in [2.05, 4.69) is 5.32 Å². The predicted molar refractivity (Wildman–Crippen MR) is 60.3 cm³/mol. The monoisotopic (exact) mass is 214 g/mol. The maximum Gasteiger partial charge on any atom is 0.217 e. The highest BCUT2D eigenvalue weighted by Crippen LogP contribution is 2.06. The molecule has 0 saturated heterocycles. The van der Waals surface area contributed by atoms with Gasteiger partial charge in [-0.3, -0.25) is 9.59 Å². The van der Waals surface area contributed by atoms with Crippen molar-refractivity contribution in [2.75, 3.05) is 0 Å². The molecule has 0 bridgehead atoms. The Balaban J connectivity index is 4.30. The van der Waals surface area contributed by atoms with E-state index in [4.69, 9.17) is 5.73 Å². The highest BCUT2D eigenvalue weighted by atomic mass is 16.1. The van der Waals surface area contributed by atoms with Crippen molar-refractivity contribution in [1.29, 1.82) is 0 Å². The van der Waals surface area contributed by atoms with Gasteiger partial charge in [-0.25, -0.2) is 0 Å². The van der Waals surface area contributed by atoms with Gasteiger partial charge in [-0.15, -0.1) is 0 Å². The molecule has 0 rings (SSSR count). The molecule has 0 aromatic carbocycles. The van der Waals surface area contributed by atoms with Crippen molar-refractivity contribution >= 4 is 11.7 Å². The third-order valence-corrected chi connectivity index (χ3v) is 2.13. The Bertz CT molecular complexity index is 225. The maximum atomic E-state index is 11.8. The van der Waals surface area contributed by atoms with Gasteiger partial charge in [0.15, 0.2) is 5.78 Å². The molecule has 1 unspecified atom stereocenters. The van der Waals surface area contributed by atoms with Gasteiger partial charge in [0, 0.05) is 18.4 Å². The molecular weight excluding hydrogens is 192 g/mol. The molecule has 1 amide bonds. The lowest BCUT2D eigenvalue weighted by molar-refractivity contribution is -0.124. The van der Waals surface area contributed by atoms with Crippen molar-refractivity contribution in [1.82, 2.24) is 5.32 Å². The highest BCUT2D eigenvalue weighted by Gasteiger charge is 2.21. The van der Waals surface area contributed by atoms with Gasteiger partial charge in [0.1, 0.15) is 0 Å². The van der Waals surface area contributed by atoms with Crippen molar-refractivity contribution in [2.45, 2.75) is 52.6 Å². The lowest BCUT2D eigenvalue weighted by Gasteiger charge is -2.21. The van der Waals surface area contributed by atoms with Gasteiger partial charge < -0.3 is 11.1 Å². The van der Waals surface area contributed by atoms with Gasteiger partial charge in [0.25, 0.3) is 0 Å². The van der Waals surface area contributed by atoms with E-state index in [-0.39, 0.29) is 36.1 Å². The van der Waals surface area contributed by atoms with Crippen molar-refractivity contribution < 1.29 is 9.59 Å². The first-order chi connectivity index (χ1) is 6.84. The van der Waals surface area contributed by atoms with Crippen molar-refractivity contribution in [3.63, 3.8) is 0 Å². The van der Waals surface area contributed by atoms with Crippen LogP contribution in [-0.4, -0.2) is 23.8 Å². The summed E-state index contributed by atoms with van der Waals surface area (Å²) in [6.07, 6.45) is 0.743. The fourth-order valence-electron chi connectivity index (χ4n) is 1.40. The Morgan fingerprint density at radius 2 is 1.73 bits per heavy atom. The summed E-state index contributed by atoms with van der Waals surface area (Å²) in [4.78, 5) is 22.4. The van der Waals surface area contributed by atoms with Gasteiger partial charge in [-0.2, -0.15) is 0 Å². The standard InChI is InChI=1S/C11H22N2O2/c1-7(2)11(15)9(13-8(3)4)5-6-10(12)14/h7-9,13H,5-6H2,1-4H3,(H2,12,14). The molecule has 1 atom stereocenters. The quantitative estimate of drug-likeness (QED) is 0.659. The number of Topliss-reactive ketones (excluding diaryl/α,β-unsaturated/α-hetero) is 1. The van der Waals surface area contributed by atoms with E-state index in [0.29, 0.717) is 6.42 Å². The number of nitrogens with one attached hydrogen (secondary N) is 1. The molecule has 15 heavy (non-hydrogen) atoms. The third-order valence-electron chi connectivity index (χ3n) is 2.13. The molecule has 4 heteroatoms. The summed E-state index contributed by atoms with van der Waals surface area (Å²) in [7, 11) is 0. The lowest BCUT2D eigenvalue weighted by Crippen LogP contribution is -2.43. The smallest absolute Gasteiger partial charge is 0.217 e. The number of carbonyl (C=O) groups excluding carboxylic acids is 2. The number of rotatable bonds is 7. The van der Waals surface area contributed by atoms with Crippen LogP contribution in [0, 0.1) is 5.92 Å². The summed E-state index contributed by atoms with van der Waals surface area (Å²) in [5, 5.41) is 3.16. The van der Waals surface area contributed by atoms with Crippen LogP contribution in [0.3, 0.4) is 0 Å². The van der Waals surface area contributed by atoms with Gasteiger partial charge in [-0.1, -0.05) is 27.7 Å². The number of hydrogen-bond acceptors (Lipinski definition) is 3. The average Bonchev–Trinajstić information content (AvgIpc) is 2.10. The Morgan fingerprint density at radius 3 is 2.07 bits per heavy atom. The molecule has 0 aromatic rings. The molecular formula is C11H22N2O2. The molecule has 0 aliphatic rings. The third kappa shape index (κ3) is 6.23.